The first-order chi connectivity index (χ1) is 13.6. The molecular formula is C21H27N3O4. The van der Waals surface area contributed by atoms with Crippen LogP contribution in [0.4, 0.5) is 0 Å². The van der Waals surface area contributed by atoms with Gasteiger partial charge in [0.15, 0.2) is 5.69 Å². The van der Waals surface area contributed by atoms with Gasteiger partial charge in [-0.15, -0.1) is 0 Å². The molecule has 1 aromatic heterocycles. The summed E-state index contributed by atoms with van der Waals surface area (Å²) in [5, 5.41) is 7.07. The molecule has 2 fully saturated rings. The number of carbonyl (C=O) groups excluding carboxylic acids is 1. The maximum atomic E-state index is 12.6. The molecule has 1 saturated carbocycles. The Morgan fingerprint density at radius 1 is 1.25 bits per heavy atom. The van der Waals surface area contributed by atoms with Crippen LogP contribution in [0, 0.1) is 5.92 Å². The summed E-state index contributed by atoms with van der Waals surface area (Å²) in [6.07, 6.45) is 2.25. The van der Waals surface area contributed by atoms with E-state index in [-0.39, 0.29) is 11.9 Å². The van der Waals surface area contributed by atoms with E-state index in [9.17, 15) is 4.79 Å². The summed E-state index contributed by atoms with van der Waals surface area (Å²) in [6.45, 7) is 4.62. The van der Waals surface area contributed by atoms with Crippen molar-refractivity contribution < 1.29 is 18.8 Å². The molecule has 7 nitrogen and oxygen atoms in total. The van der Waals surface area contributed by atoms with Gasteiger partial charge in [-0.2, -0.15) is 0 Å². The van der Waals surface area contributed by atoms with Gasteiger partial charge >= 0.3 is 0 Å². The Kier molecular flexibility index (Phi) is 5.26. The third-order valence-electron chi connectivity index (χ3n) is 5.63. The molecule has 1 aliphatic heterocycles. The van der Waals surface area contributed by atoms with E-state index >= 15 is 0 Å². The van der Waals surface area contributed by atoms with Crippen molar-refractivity contribution in [3.63, 3.8) is 0 Å². The number of rotatable bonds is 7. The first-order valence-electron chi connectivity index (χ1n) is 9.78. The van der Waals surface area contributed by atoms with Gasteiger partial charge in [-0.25, -0.2) is 0 Å². The fourth-order valence-corrected chi connectivity index (χ4v) is 3.81. The molecule has 0 radical (unpaired) electrons. The summed E-state index contributed by atoms with van der Waals surface area (Å²) in [5.41, 5.74) is 1.48. The zero-order valence-corrected chi connectivity index (χ0v) is 16.6. The van der Waals surface area contributed by atoms with Crippen LogP contribution < -0.4 is 14.8 Å². The molecule has 1 aromatic carbocycles. The molecule has 1 amide bonds. The van der Waals surface area contributed by atoms with Crippen LogP contribution in [0.15, 0.2) is 28.8 Å². The molecule has 1 saturated heterocycles. The van der Waals surface area contributed by atoms with Gasteiger partial charge in [-0.05, 0) is 24.8 Å². The Bertz CT molecular complexity index is 846. The molecule has 7 heteroatoms. The smallest absolute Gasteiger partial charge is 0.273 e. The lowest BCUT2D eigenvalue weighted by Gasteiger charge is -2.18. The van der Waals surface area contributed by atoms with Crippen LogP contribution in [0.1, 0.15) is 47.5 Å². The molecule has 0 bridgehead atoms. The van der Waals surface area contributed by atoms with Crippen LogP contribution in [0.25, 0.3) is 0 Å². The molecule has 28 heavy (non-hydrogen) atoms. The van der Waals surface area contributed by atoms with Crippen LogP contribution >= 0.6 is 0 Å². The number of aromatic nitrogens is 1. The normalized spacial score (nSPS) is 22.2. The maximum Gasteiger partial charge on any atom is 0.273 e. The Morgan fingerprint density at radius 3 is 2.79 bits per heavy atom. The van der Waals surface area contributed by atoms with Crippen molar-refractivity contribution in [1.29, 1.82) is 0 Å². The number of nitrogens with zero attached hydrogens (tertiary/aromatic N) is 2. The summed E-state index contributed by atoms with van der Waals surface area (Å²) < 4.78 is 16.1. The standard InChI is InChI=1S/C21H27N3O4/c1-13-10-24(11-15-6-7-16(26-2)8-19(15)27-3)12-18(13)22-21(25)17-9-20(28-23-17)14-4-5-14/h6-9,13-14,18H,4-5,10-12H2,1-3H3,(H,22,25)/t13-,18+/m0/s1. The highest BCUT2D eigenvalue weighted by atomic mass is 16.5. The molecule has 4 rings (SSSR count). The first-order valence-corrected chi connectivity index (χ1v) is 9.78. The van der Waals surface area contributed by atoms with Gasteiger partial charge < -0.3 is 19.3 Å². The van der Waals surface area contributed by atoms with Gasteiger partial charge in [0.25, 0.3) is 5.91 Å². The number of nitrogens with one attached hydrogen (secondary N) is 1. The number of benzene rings is 1. The van der Waals surface area contributed by atoms with Gasteiger partial charge in [0.05, 0.1) is 14.2 Å². The van der Waals surface area contributed by atoms with E-state index in [1.54, 1.807) is 20.3 Å². The summed E-state index contributed by atoms with van der Waals surface area (Å²) in [4.78, 5) is 14.9. The number of likely N-dealkylation sites (tertiary alicyclic amines) is 1. The number of amides is 1. The highest BCUT2D eigenvalue weighted by molar-refractivity contribution is 5.92. The van der Waals surface area contributed by atoms with Crippen molar-refractivity contribution in [3.05, 3.63) is 41.3 Å². The van der Waals surface area contributed by atoms with Crippen molar-refractivity contribution in [3.8, 4) is 11.5 Å². The second kappa shape index (κ2) is 7.83. The average molecular weight is 385 g/mol. The monoisotopic (exact) mass is 385 g/mol. The average Bonchev–Trinajstić information content (AvgIpc) is 3.33. The van der Waals surface area contributed by atoms with E-state index in [2.05, 4.69) is 22.3 Å². The zero-order chi connectivity index (χ0) is 19.7. The molecule has 1 N–H and O–H groups in total. The lowest BCUT2D eigenvalue weighted by Crippen LogP contribution is -2.40. The van der Waals surface area contributed by atoms with Crippen molar-refractivity contribution in [2.75, 3.05) is 27.3 Å². The van der Waals surface area contributed by atoms with Crippen LogP contribution in [0.5, 0.6) is 11.5 Å². The SMILES string of the molecule is COc1ccc(CN2C[C@H](C)[C@H](NC(=O)c3cc(C4CC4)on3)C2)c(OC)c1. The van der Waals surface area contributed by atoms with Crippen LogP contribution in [0.3, 0.4) is 0 Å². The van der Waals surface area contributed by atoms with E-state index in [1.807, 2.05) is 18.2 Å². The summed E-state index contributed by atoms with van der Waals surface area (Å²) in [6, 6.07) is 7.74. The lowest BCUT2D eigenvalue weighted by atomic mass is 10.1. The van der Waals surface area contributed by atoms with E-state index in [0.717, 1.165) is 55.3 Å². The minimum atomic E-state index is -0.156. The molecule has 0 spiro atoms. The Morgan fingerprint density at radius 2 is 2.07 bits per heavy atom. The van der Waals surface area contributed by atoms with Gasteiger partial charge in [0.2, 0.25) is 0 Å². The number of ether oxygens (including phenoxy) is 2. The predicted octanol–water partition coefficient (Wildman–Crippen LogP) is 2.82. The van der Waals surface area contributed by atoms with E-state index in [4.69, 9.17) is 14.0 Å². The summed E-state index contributed by atoms with van der Waals surface area (Å²) in [7, 11) is 3.31. The molecule has 0 unspecified atom stereocenters. The predicted molar refractivity (Wildman–Crippen MR) is 104 cm³/mol. The second-order valence-electron chi connectivity index (χ2n) is 7.82. The largest absolute Gasteiger partial charge is 0.497 e. The molecule has 150 valence electrons. The third kappa shape index (κ3) is 3.99. The Hall–Kier alpha value is -2.54. The summed E-state index contributed by atoms with van der Waals surface area (Å²) >= 11 is 0. The minimum Gasteiger partial charge on any atom is -0.497 e. The van der Waals surface area contributed by atoms with Gasteiger partial charge in [-0.3, -0.25) is 9.69 Å². The molecule has 2 heterocycles. The van der Waals surface area contributed by atoms with Gasteiger partial charge in [0.1, 0.15) is 17.3 Å². The molecule has 2 atom stereocenters. The lowest BCUT2D eigenvalue weighted by molar-refractivity contribution is 0.0922. The Labute approximate surface area is 165 Å². The highest BCUT2D eigenvalue weighted by Gasteiger charge is 2.33. The van der Waals surface area contributed by atoms with Crippen molar-refractivity contribution in [1.82, 2.24) is 15.4 Å². The van der Waals surface area contributed by atoms with Crippen molar-refractivity contribution in [2.45, 2.75) is 38.3 Å². The van der Waals surface area contributed by atoms with E-state index in [0.29, 0.717) is 17.5 Å². The number of hydrogen-bond donors (Lipinski definition) is 1. The second-order valence-corrected chi connectivity index (χ2v) is 7.82. The first kappa shape index (κ1) is 18.8. The topological polar surface area (TPSA) is 76.8 Å². The van der Waals surface area contributed by atoms with Crippen LogP contribution in [-0.4, -0.2) is 49.3 Å². The van der Waals surface area contributed by atoms with Crippen molar-refractivity contribution in [2.24, 2.45) is 5.92 Å². The van der Waals surface area contributed by atoms with Gasteiger partial charge in [0, 0.05) is 49.3 Å². The number of carbonyl (C=O) groups is 1. The zero-order valence-electron chi connectivity index (χ0n) is 16.6. The minimum absolute atomic E-state index is 0.0813. The quantitative estimate of drug-likeness (QED) is 0.790. The van der Waals surface area contributed by atoms with Gasteiger partial charge in [-0.1, -0.05) is 18.1 Å². The van der Waals surface area contributed by atoms with Crippen LogP contribution in [-0.2, 0) is 6.54 Å². The Balaban J connectivity index is 1.37. The fraction of sp³-hybridized carbons (Fsp3) is 0.524. The number of hydrogen-bond acceptors (Lipinski definition) is 6. The van der Waals surface area contributed by atoms with E-state index < -0.39 is 0 Å². The van der Waals surface area contributed by atoms with Crippen molar-refractivity contribution >= 4 is 5.91 Å². The van der Waals surface area contributed by atoms with Crippen LogP contribution in [0.2, 0.25) is 0 Å². The molecule has 2 aromatic rings. The van der Waals surface area contributed by atoms with E-state index in [1.165, 1.54) is 0 Å². The fourth-order valence-electron chi connectivity index (χ4n) is 3.81. The molecular weight excluding hydrogens is 358 g/mol. The molecule has 1 aliphatic carbocycles. The third-order valence-corrected chi connectivity index (χ3v) is 5.63. The highest BCUT2D eigenvalue weighted by Crippen LogP contribution is 2.40. The maximum absolute atomic E-state index is 12.6. The summed E-state index contributed by atoms with van der Waals surface area (Å²) in [5.74, 6) is 3.07. The number of methoxy groups -OCH3 is 2. The molecule has 2 aliphatic rings.